The van der Waals surface area contributed by atoms with Crippen LogP contribution >= 0.6 is 0 Å². The average Bonchev–Trinajstić information content (AvgIpc) is 2.29. The number of halogens is 1. The van der Waals surface area contributed by atoms with E-state index in [9.17, 15) is 17.9 Å². The average molecular weight is 274 g/mol. The monoisotopic (exact) mass is 274 g/mol. The quantitative estimate of drug-likeness (QED) is 0.842. The molecule has 7 heteroatoms. The van der Waals surface area contributed by atoms with E-state index >= 15 is 0 Å². The van der Waals surface area contributed by atoms with E-state index in [4.69, 9.17) is 0 Å². The number of hydrogen-bond donors (Lipinski definition) is 1. The molecule has 1 aliphatic rings. The van der Waals surface area contributed by atoms with E-state index in [0.717, 1.165) is 6.20 Å². The molecule has 0 spiro atoms. The van der Waals surface area contributed by atoms with Gasteiger partial charge in [0, 0.05) is 18.2 Å². The summed E-state index contributed by atoms with van der Waals surface area (Å²) in [5, 5.41) is 9.21. The topological polar surface area (TPSA) is 70.5 Å². The number of sulfone groups is 1. The van der Waals surface area contributed by atoms with Gasteiger partial charge in [0.05, 0.1) is 24.3 Å². The minimum absolute atomic E-state index is 0.0525. The molecule has 0 aliphatic carbocycles. The molecule has 1 saturated heterocycles. The first-order chi connectivity index (χ1) is 8.43. The first-order valence-corrected chi connectivity index (χ1v) is 7.47. The molecule has 0 amide bonds. The summed E-state index contributed by atoms with van der Waals surface area (Å²) in [4.78, 5) is 5.76. The zero-order valence-corrected chi connectivity index (χ0v) is 10.8. The molecule has 18 heavy (non-hydrogen) atoms. The molecule has 1 aliphatic heterocycles. The van der Waals surface area contributed by atoms with Crippen LogP contribution in [0, 0.1) is 5.82 Å². The van der Waals surface area contributed by atoms with Gasteiger partial charge in [0.25, 0.3) is 0 Å². The lowest BCUT2D eigenvalue weighted by Gasteiger charge is -2.35. The second-order valence-electron chi connectivity index (χ2n) is 4.45. The fraction of sp³-hybridized carbons (Fsp3) is 0.545. The SMILES string of the molecule is CC1CS(=O)(=O)CCN1c1ncc(F)cc1CO. The highest BCUT2D eigenvalue weighted by molar-refractivity contribution is 7.91. The van der Waals surface area contributed by atoms with Crippen molar-refractivity contribution in [3.05, 3.63) is 23.6 Å². The molecule has 0 radical (unpaired) electrons. The van der Waals surface area contributed by atoms with Crippen LogP contribution < -0.4 is 4.90 Å². The Balaban J connectivity index is 2.32. The lowest BCUT2D eigenvalue weighted by atomic mass is 10.2. The predicted molar refractivity (Wildman–Crippen MR) is 65.6 cm³/mol. The van der Waals surface area contributed by atoms with E-state index in [1.165, 1.54) is 6.07 Å². The van der Waals surface area contributed by atoms with E-state index < -0.39 is 15.7 Å². The Bertz CT molecular complexity index is 547. The Morgan fingerprint density at radius 1 is 1.61 bits per heavy atom. The van der Waals surface area contributed by atoms with Gasteiger partial charge in [0.2, 0.25) is 0 Å². The smallest absolute Gasteiger partial charge is 0.154 e. The number of rotatable bonds is 2. The zero-order chi connectivity index (χ0) is 13.3. The standard InChI is InChI=1S/C11H15FN2O3S/c1-8-7-18(16,17)3-2-14(8)11-9(6-15)4-10(12)5-13-11/h4-5,8,15H,2-3,6-7H2,1H3. The van der Waals surface area contributed by atoms with Crippen LogP contribution in [0.3, 0.4) is 0 Å². The van der Waals surface area contributed by atoms with Crippen LogP contribution in [-0.2, 0) is 16.4 Å². The molecule has 100 valence electrons. The third-order valence-corrected chi connectivity index (χ3v) is 4.82. The van der Waals surface area contributed by atoms with E-state index in [1.54, 1.807) is 11.8 Å². The largest absolute Gasteiger partial charge is 0.392 e. The van der Waals surface area contributed by atoms with Crippen LogP contribution in [0.2, 0.25) is 0 Å². The number of pyridine rings is 1. The van der Waals surface area contributed by atoms with Crippen molar-refractivity contribution in [3.63, 3.8) is 0 Å². The Morgan fingerprint density at radius 3 is 2.94 bits per heavy atom. The highest BCUT2D eigenvalue weighted by Gasteiger charge is 2.30. The molecule has 1 fully saturated rings. The van der Waals surface area contributed by atoms with Crippen LogP contribution in [0.1, 0.15) is 12.5 Å². The maximum atomic E-state index is 13.0. The third-order valence-electron chi connectivity index (χ3n) is 3.02. The maximum absolute atomic E-state index is 13.0. The summed E-state index contributed by atoms with van der Waals surface area (Å²) in [5.41, 5.74) is 0.376. The predicted octanol–water partition coefficient (Wildman–Crippen LogP) is 0.336. The van der Waals surface area contributed by atoms with Crippen LogP contribution in [0.4, 0.5) is 10.2 Å². The van der Waals surface area contributed by atoms with Crippen molar-refractivity contribution >= 4 is 15.7 Å². The fourth-order valence-corrected chi connectivity index (χ4v) is 3.72. The van der Waals surface area contributed by atoms with Crippen molar-refractivity contribution < 1.29 is 17.9 Å². The van der Waals surface area contributed by atoms with Crippen LogP contribution in [0.5, 0.6) is 0 Å². The van der Waals surface area contributed by atoms with Gasteiger partial charge in [-0.15, -0.1) is 0 Å². The first kappa shape index (κ1) is 13.2. The Kier molecular flexibility index (Phi) is 3.54. The maximum Gasteiger partial charge on any atom is 0.154 e. The van der Waals surface area contributed by atoms with Gasteiger partial charge in [0.15, 0.2) is 9.84 Å². The van der Waals surface area contributed by atoms with Crippen LogP contribution in [0.25, 0.3) is 0 Å². The molecule has 5 nitrogen and oxygen atoms in total. The lowest BCUT2D eigenvalue weighted by molar-refractivity contribution is 0.280. The summed E-state index contributed by atoms with van der Waals surface area (Å²) in [7, 11) is -3.01. The summed E-state index contributed by atoms with van der Waals surface area (Å²) >= 11 is 0. The summed E-state index contributed by atoms with van der Waals surface area (Å²) in [6.45, 7) is 1.77. The van der Waals surface area contributed by atoms with Gasteiger partial charge >= 0.3 is 0 Å². The number of hydrogen-bond acceptors (Lipinski definition) is 5. The molecule has 1 aromatic rings. The summed E-state index contributed by atoms with van der Waals surface area (Å²) in [5.74, 6) is 0.0550. The second-order valence-corrected chi connectivity index (χ2v) is 6.68. The molecule has 1 atom stereocenters. The summed E-state index contributed by atoms with van der Waals surface area (Å²) in [6.07, 6.45) is 1.07. The Morgan fingerprint density at radius 2 is 2.33 bits per heavy atom. The molecule has 1 N–H and O–H groups in total. The normalized spacial score (nSPS) is 23.1. The summed E-state index contributed by atoms with van der Waals surface area (Å²) in [6, 6.07) is 0.991. The molecule has 2 rings (SSSR count). The van der Waals surface area contributed by atoms with Crippen molar-refractivity contribution in [2.45, 2.75) is 19.6 Å². The molecule has 1 unspecified atom stereocenters. The van der Waals surface area contributed by atoms with E-state index in [0.29, 0.717) is 17.9 Å². The van der Waals surface area contributed by atoms with Crippen molar-refractivity contribution in [3.8, 4) is 0 Å². The number of aliphatic hydroxyl groups is 1. The number of anilines is 1. The highest BCUT2D eigenvalue weighted by Crippen LogP contribution is 2.24. The van der Waals surface area contributed by atoms with Crippen LogP contribution in [0.15, 0.2) is 12.3 Å². The van der Waals surface area contributed by atoms with Gasteiger partial charge < -0.3 is 10.0 Å². The van der Waals surface area contributed by atoms with Gasteiger partial charge in [-0.2, -0.15) is 0 Å². The van der Waals surface area contributed by atoms with E-state index in [2.05, 4.69) is 4.98 Å². The molecule has 2 heterocycles. The minimum atomic E-state index is -3.01. The fourth-order valence-electron chi connectivity index (χ4n) is 2.16. The minimum Gasteiger partial charge on any atom is -0.392 e. The van der Waals surface area contributed by atoms with Crippen molar-refractivity contribution in [1.82, 2.24) is 4.98 Å². The number of nitrogens with zero attached hydrogens (tertiary/aromatic N) is 2. The number of aliphatic hydroxyl groups excluding tert-OH is 1. The molecule has 1 aromatic heterocycles. The molecule has 0 saturated carbocycles. The van der Waals surface area contributed by atoms with E-state index in [-0.39, 0.29) is 24.2 Å². The Hall–Kier alpha value is -1.21. The third kappa shape index (κ3) is 2.62. The Labute approximate surface area is 105 Å². The lowest BCUT2D eigenvalue weighted by Crippen LogP contribution is -2.47. The van der Waals surface area contributed by atoms with Gasteiger partial charge in [-0.1, -0.05) is 0 Å². The highest BCUT2D eigenvalue weighted by atomic mass is 32.2. The van der Waals surface area contributed by atoms with Gasteiger partial charge in [0.1, 0.15) is 11.6 Å². The second kappa shape index (κ2) is 4.81. The van der Waals surface area contributed by atoms with Gasteiger partial charge in [-0.3, -0.25) is 0 Å². The van der Waals surface area contributed by atoms with Crippen molar-refractivity contribution in [1.29, 1.82) is 0 Å². The molecule has 0 bridgehead atoms. The molecule has 0 aromatic carbocycles. The van der Waals surface area contributed by atoms with Crippen molar-refractivity contribution in [2.75, 3.05) is 23.0 Å². The van der Waals surface area contributed by atoms with Crippen molar-refractivity contribution in [2.24, 2.45) is 0 Å². The molecular weight excluding hydrogens is 259 g/mol. The van der Waals surface area contributed by atoms with Crippen LogP contribution in [-0.4, -0.2) is 42.6 Å². The number of aromatic nitrogens is 1. The van der Waals surface area contributed by atoms with Gasteiger partial charge in [-0.25, -0.2) is 17.8 Å². The first-order valence-electron chi connectivity index (χ1n) is 5.65. The van der Waals surface area contributed by atoms with Gasteiger partial charge in [-0.05, 0) is 13.0 Å². The summed E-state index contributed by atoms with van der Waals surface area (Å²) < 4.78 is 36.0. The zero-order valence-electron chi connectivity index (χ0n) is 10.0. The molecular formula is C11H15FN2O3S. The van der Waals surface area contributed by atoms with E-state index in [1.807, 2.05) is 0 Å².